The van der Waals surface area contributed by atoms with Crippen LogP contribution >= 0.6 is 11.8 Å². The molecule has 0 amide bonds. The quantitative estimate of drug-likeness (QED) is 0.852. The minimum absolute atomic E-state index is 0.209. The number of halogens is 1. The Hall–Kier alpha value is -1.03. The number of hydrogen-bond acceptors (Lipinski definition) is 2. The number of hydrogen-bond donors (Lipinski definition) is 1. The monoisotopic (exact) mass is 280 g/mol. The number of carboxylic acids is 1. The Labute approximate surface area is 116 Å². The molecule has 2 fully saturated rings. The second-order valence-electron chi connectivity index (χ2n) is 5.65. The fourth-order valence-electron chi connectivity index (χ4n) is 3.66. The summed E-state index contributed by atoms with van der Waals surface area (Å²) in [5.74, 6) is 0.331. The van der Waals surface area contributed by atoms with Crippen molar-refractivity contribution in [3.8, 4) is 0 Å². The highest BCUT2D eigenvalue weighted by Gasteiger charge is 2.45. The van der Waals surface area contributed by atoms with E-state index < -0.39 is 11.2 Å². The zero-order chi connectivity index (χ0) is 13.4. The van der Waals surface area contributed by atoms with Crippen molar-refractivity contribution in [2.75, 3.05) is 0 Å². The molecule has 4 heteroatoms. The van der Waals surface area contributed by atoms with Gasteiger partial charge in [-0.15, -0.1) is 11.8 Å². The molecule has 1 aromatic rings. The molecule has 0 aromatic heterocycles. The van der Waals surface area contributed by atoms with Crippen LogP contribution in [0.25, 0.3) is 0 Å². The highest BCUT2D eigenvalue weighted by Crippen LogP contribution is 2.52. The van der Waals surface area contributed by atoms with E-state index in [4.69, 9.17) is 0 Å². The van der Waals surface area contributed by atoms with Gasteiger partial charge in [-0.3, -0.25) is 4.79 Å². The van der Waals surface area contributed by atoms with Gasteiger partial charge >= 0.3 is 5.97 Å². The topological polar surface area (TPSA) is 37.3 Å². The molecule has 2 aliphatic rings. The summed E-state index contributed by atoms with van der Waals surface area (Å²) in [6.07, 6.45) is 4.57. The van der Waals surface area contributed by atoms with Gasteiger partial charge < -0.3 is 5.11 Å². The summed E-state index contributed by atoms with van der Waals surface area (Å²) < 4.78 is 13.7. The summed E-state index contributed by atoms with van der Waals surface area (Å²) >= 11 is 1.19. The van der Waals surface area contributed by atoms with Crippen LogP contribution in [0.1, 0.15) is 25.7 Å². The second kappa shape index (κ2) is 5.16. The van der Waals surface area contributed by atoms with Gasteiger partial charge in [-0.2, -0.15) is 0 Å². The minimum atomic E-state index is -0.800. The molecule has 0 radical (unpaired) electrons. The summed E-state index contributed by atoms with van der Waals surface area (Å²) in [5.41, 5.74) is 0. The van der Waals surface area contributed by atoms with E-state index in [-0.39, 0.29) is 11.7 Å². The highest BCUT2D eigenvalue weighted by molar-refractivity contribution is 8.00. The first kappa shape index (κ1) is 13.0. The van der Waals surface area contributed by atoms with Gasteiger partial charge in [-0.1, -0.05) is 18.6 Å². The lowest BCUT2D eigenvalue weighted by molar-refractivity contribution is -0.137. The third-order valence-electron chi connectivity index (χ3n) is 4.52. The molecule has 2 bridgehead atoms. The molecule has 2 aliphatic carbocycles. The Morgan fingerprint density at radius 3 is 2.68 bits per heavy atom. The molecule has 0 spiro atoms. The molecule has 0 heterocycles. The molecule has 0 saturated heterocycles. The van der Waals surface area contributed by atoms with Crippen molar-refractivity contribution in [2.45, 2.75) is 35.8 Å². The molecule has 3 rings (SSSR count). The standard InChI is InChI=1S/C15H17FO2S/c16-12-3-1-2-4-13(12)19-14(15(17)18)11-8-9-5-6-10(11)7-9/h1-4,9-11,14H,5-8H2,(H,17,18). The van der Waals surface area contributed by atoms with Gasteiger partial charge in [0.2, 0.25) is 0 Å². The molecule has 1 aromatic carbocycles. The summed E-state index contributed by atoms with van der Waals surface area (Å²) in [6, 6.07) is 6.45. The summed E-state index contributed by atoms with van der Waals surface area (Å²) in [7, 11) is 0. The van der Waals surface area contributed by atoms with Crippen molar-refractivity contribution in [3.63, 3.8) is 0 Å². The molecule has 102 valence electrons. The zero-order valence-corrected chi connectivity index (χ0v) is 11.4. The van der Waals surface area contributed by atoms with E-state index in [0.717, 1.165) is 12.8 Å². The highest BCUT2D eigenvalue weighted by atomic mass is 32.2. The number of carboxylic acid groups (broad SMARTS) is 1. The fraction of sp³-hybridized carbons (Fsp3) is 0.533. The first-order valence-corrected chi connectivity index (χ1v) is 7.67. The normalized spacial score (nSPS) is 30.5. The predicted molar refractivity (Wildman–Crippen MR) is 72.6 cm³/mol. The average molecular weight is 280 g/mol. The predicted octanol–water partition coefficient (Wildman–Crippen LogP) is 3.81. The van der Waals surface area contributed by atoms with Gasteiger partial charge in [0.05, 0.1) is 0 Å². The van der Waals surface area contributed by atoms with Gasteiger partial charge in [-0.25, -0.2) is 4.39 Å². The van der Waals surface area contributed by atoms with Crippen LogP contribution in [0.2, 0.25) is 0 Å². The van der Waals surface area contributed by atoms with Crippen LogP contribution in [0.5, 0.6) is 0 Å². The molecule has 4 unspecified atom stereocenters. The number of thioether (sulfide) groups is 1. The van der Waals surface area contributed by atoms with Gasteiger partial charge in [-0.05, 0) is 49.1 Å². The maximum absolute atomic E-state index is 13.7. The number of aliphatic carboxylic acids is 1. The molecular weight excluding hydrogens is 263 g/mol. The Kier molecular flexibility index (Phi) is 3.52. The van der Waals surface area contributed by atoms with Gasteiger partial charge in [0.25, 0.3) is 0 Å². The van der Waals surface area contributed by atoms with E-state index in [2.05, 4.69) is 0 Å². The van der Waals surface area contributed by atoms with Crippen molar-refractivity contribution in [1.29, 1.82) is 0 Å². The van der Waals surface area contributed by atoms with E-state index >= 15 is 0 Å². The van der Waals surface area contributed by atoms with Crippen molar-refractivity contribution < 1.29 is 14.3 Å². The van der Waals surface area contributed by atoms with Crippen LogP contribution < -0.4 is 0 Å². The number of fused-ring (bicyclic) bond motifs is 2. The van der Waals surface area contributed by atoms with E-state index in [9.17, 15) is 14.3 Å². The van der Waals surface area contributed by atoms with E-state index in [1.807, 2.05) is 0 Å². The molecule has 19 heavy (non-hydrogen) atoms. The summed E-state index contributed by atoms with van der Waals surface area (Å²) in [6.45, 7) is 0. The molecule has 1 N–H and O–H groups in total. The van der Waals surface area contributed by atoms with Gasteiger partial charge in [0, 0.05) is 4.90 Å². The Bertz CT molecular complexity index is 491. The first-order chi connectivity index (χ1) is 9.15. The number of rotatable bonds is 4. The first-order valence-electron chi connectivity index (χ1n) is 6.79. The van der Waals surface area contributed by atoms with E-state index in [1.165, 1.54) is 30.7 Å². The van der Waals surface area contributed by atoms with Crippen LogP contribution in [-0.4, -0.2) is 16.3 Å². The van der Waals surface area contributed by atoms with E-state index in [1.54, 1.807) is 18.2 Å². The third kappa shape index (κ3) is 2.50. The zero-order valence-electron chi connectivity index (χ0n) is 10.6. The Balaban J connectivity index is 1.79. The Morgan fingerprint density at radius 2 is 2.11 bits per heavy atom. The maximum Gasteiger partial charge on any atom is 0.317 e. The van der Waals surface area contributed by atoms with Crippen LogP contribution in [0.15, 0.2) is 29.2 Å². The van der Waals surface area contributed by atoms with Gasteiger partial charge in [0.1, 0.15) is 11.1 Å². The lowest BCUT2D eigenvalue weighted by Crippen LogP contribution is -2.30. The maximum atomic E-state index is 13.7. The summed E-state index contributed by atoms with van der Waals surface area (Å²) in [5, 5.41) is 8.96. The lowest BCUT2D eigenvalue weighted by atomic mass is 9.86. The average Bonchev–Trinajstić information content (AvgIpc) is 2.99. The molecule has 0 aliphatic heterocycles. The molecule has 2 saturated carbocycles. The lowest BCUT2D eigenvalue weighted by Gasteiger charge is -2.27. The SMILES string of the molecule is O=C(O)C(Sc1ccccc1F)C1CC2CCC1C2. The molecular formula is C15H17FO2S. The van der Waals surface area contributed by atoms with Crippen LogP contribution in [-0.2, 0) is 4.79 Å². The van der Waals surface area contributed by atoms with Crippen LogP contribution in [0, 0.1) is 23.6 Å². The third-order valence-corrected chi connectivity index (χ3v) is 5.91. The van der Waals surface area contributed by atoms with Gasteiger partial charge in [0.15, 0.2) is 0 Å². The van der Waals surface area contributed by atoms with Crippen molar-refractivity contribution in [3.05, 3.63) is 30.1 Å². The van der Waals surface area contributed by atoms with Crippen LogP contribution in [0.4, 0.5) is 4.39 Å². The molecule has 4 atom stereocenters. The smallest absolute Gasteiger partial charge is 0.317 e. The Morgan fingerprint density at radius 1 is 1.32 bits per heavy atom. The minimum Gasteiger partial charge on any atom is -0.480 e. The van der Waals surface area contributed by atoms with Crippen molar-refractivity contribution in [2.24, 2.45) is 17.8 Å². The number of benzene rings is 1. The van der Waals surface area contributed by atoms with Crippen molar-refractivity contribution >= 4 is 17.7 Å². The van der Waals surface area contributed by atoms with Crippen molar-refractivity contribution in [1.82, 2.24) is 0 Å². The van der Waals surface area contributed by atoms with Crippen LogP contribution in [0.3, 0.4) is 0 Å². The number of carbonyl (C=O) groups is 1. The molecule has 2 nitrogen and oxygen atoms in total. The largest absolute Gasteiger partial charge is 0.480 e. The summed E-state index contributed by atoms with van der Waals surface area (Å²) in [4.78, 5) is 12.0. The van der Waals surface area contributed by atoms with E-state index in [0.29, 0.717) is 16.7 Å². The fourth-order valence-corrected chi connectivity index (χ4v) is 4.88. The second-order valence-corrected chi connectivity index (χ2v) is 6.83.